The number of aryl methyl sites for hydroxylation is 1. The first-order valence-electron chi connectivity index (χ1n) is 10.0. The number of carbonyl (C=O) groups excluding carboxylic acids is 1. The summed E-state index contributed by atoms with van der Waals surface area (Å²) in [5.41, 5.74) is 5.67. The highest BCUT2D eigenvalue weighted by Gasteiger charge is 2.33. The van der Waals surface area contributed by atoms with Crippen molar-refractivity contribution in [3.05, 3.63) is 34.9 Å². The number of alkyl halides is 3. The number of amides is 1. The van der Waals surface area contributed by atoms with Gasteiger partial charge in [0.15, 0.2) is 12.5 Å². The van der Waals surface area contributed by atoms with Crippen LogP contribution in [0.15, 0.2) is 18.2 Å². The molecule has 4 rings (SSSR count). The summed E-state index contributed by atoms with van der Waals surface area (Å²) >= 11 is 0. The van der Waals surface area contributed by atoms with Crippen LogP contribution < -0.4 is 26.4 Å². The number of aromatic nitrogens is 2. The predicted octanol–water partition coefficient (Wildman–Crippen LogP) is 3.31. The van der Waals surface area contributed by atoms with Crippen molar-refractivity contribution in [2.24, 2.45) is 5.73 Å². The standard InChI is InChI=1S/C20H23F3N6O2/c1-10-6-7-11(8-12(10)20(21,22)23)26-16-15-17(30)25-9-31-18(15)29-19(28-16)27-14-5-3-2-4-13(14)24/h6-8,13-14H,2-5,9,24H2,1H3,(H,25,30)(H2,26,27,28,29)/t13-,14+/m0/s1. The lowest BCUT2D eigenvalue weighted by Crippen LogP contribution is -2.43. The van der Waals surface area contributed by atoms with Crippen LogP contribution in [-0.2, 0) is 6.18 Å². The number of nitrogens with one attached hydrogen (secondary N) is 3. The lowest BCUT2D eigenvalue weighted by Gasteiger charge is -2.30. The number of carbonyl (C=O) groups is 1. The number of anilines is 3. The Kier molecular flexibility index (Phi) is 5.61. The third-order valence-corrected chi connectivity index (χ3v) is 5.48. The van der Waals surface area contributed by atoms with Crippen molar-refractivity contribution in [3.63, 3.8) is 0 Å². The lowest BCUT2D eigenvalue weighted by atomic mass is 9.91. The van der Waals surface area contributed by atoms with Gasteiger partial charge in [0.2, 0.25) is 11.8 Å². The molecule has 2 aromatic rings. The zero-order chi connectivity index (χ0) is 22.2. The van der Waals surface area contributed by atoms with Crippen LogP contribution in [0.3, 0.4) is 0 Å². The molecule has 0 radical (unpaired) electrons. The first-order chi connectivity index (χ1) is 14.7. The van der Waals surface area contributed by atoms with Crippen molar-refractivity contribution >= 4 is 23.4 Å². The first-order valence-corrected chi connectivity index (χ1v) is 10.0. The number of nitrogens with zero attached hydrogens (tertiary/aromatic N) is 2. The van der Waals surface area contributed by atoms with Gasteiger partial charge in [0.25, 0.3) is 5.91 Å². The highest BCUT2D eigenvalue weighted by molar-refractivity contribution is 6.02. The quantitative estimate of drug-likeness (QED) is 0.581. The number of nitrogens with two attached hydrogens (primary N) is 1. The molecule has 1 saturated carbocycles. The predicted molar refractivity (Wildman–Crippen MR) is 108 cm³/mol. The minimum absolute atomic E-state index is 0.0267. The van der Waals surface area contributed by atoms with E-state index in [1.807, 2.05) is 0 Å². The third kappa shape index (κ3) is 4.50. The maximum absolute atomic E-state index is 13.3. The van der Waals surface area contributed by atoms with Crippen LogP contribution in [0.1, 0.15) is 47.2 Å². The summed E-state index contributed by atoms with van der Waals surface area (Å²) < 4.78 is 45.4. The average molecular weight is 436 g/mol. The molecular weight excluding hydrogens is 413 g/mol. The fraction of sp³-hybridized carbons (Fsp3) is 0.450. The van der Waals surface area contributed by atoms with E-state index in [1.165, 1.54) is 19.1 Å². The minimum Gasteiger partial charge on any atom is -0.456 e. The van der Waals surface area contributed by atoms with Gasteiger partial charge in [-0.2, -0.15) is 23.1 Å². The normalized spacial score (nSPS) is 21.0. The number of hydrogen-bond acceptors (Lipinski definition) is 7. The molecular formula is C20H23F3N6O2. The summed E-state index contributed by atoms with van der Waals surface area (Å²) in [5, 5.41) is 8.53. The molecule has 2 heterocycles. The number of rotatable bonds is 4. The van der Waals surface area contributed by atoms with Gasteiger partial charge in [-0.25, -0.2) is 0 Å². The zero-order valence-electron chi connectivity index (χ0n) is 16.8. The molecule has 1 aliphatic carbocycles. The summed E-state index contributed by atoms with van der Waals surface area (Å²) in [4.78, 5) is 21.0. The SMILES string of the molecule is Cc1ccc(Nc2nc(N[C@@H]3CCCC[C@@H]3N)nc3c2C(=O)NCO3)cc1C(F)(F)F. The van der Waals surface area contributed by atoms with Crippen molar-refractivity contribution in [1.82, 2.24) is 15.3 Å². The van der Waals surface area contributed by atoms with Gasteiger partial charge in [0.05, 0.1) is 5.56 Å². The highest BCUT2D eigenvalue weighted by Crippen LogP contribution is 2.35. The van der Waals surface area contributed by atoms with Crippen LogP contribution in [0.25, 0.3) is 0 Å². The molecule has 1 fully saturated rings. The van der Waals surface area contributed by atoms with Crippen molar-refractivity contribution in [3.8, 4) is 5.88 Å². The maximum atomic E-state index is 13.3. The van der Waals surface area contributed by atoms with E-state index >= 15 is 0 Å². The van der Waals surface area contributed by atoms with Crippen LogP contribution in [0.2, 0.25) is 0 Å². The van der Waals surface area contributed by atoms with E-state index in [2.05, 4.69) is 25.9 Å². The molecule has 11 heteroatoms. The smallest absolute Gasteiger partial charge is 0.416 e. The fourth-order valence-corrected chi connectivity index (χ4v) is 3.81. The van der Waals surface area contributed by atoms with Crippen molar-refractivity contribution in [2.75, 3.05) is 17.4 Å². The Balaban J connectivity index is 1.70. The van der Waals surface area contributed by atoms with Crippen LogP contribution >= 0.6 is 0 Å². The van der Waals surface area contributed by atoms with Gasteiger partial charge in [0, 0.05) is 17.8 Å². The molecule has 2 aliphatic rings. The van der Waals surface area contributed by atoms with Gasteiger partial charge < -0.3 is 26.4 Å². The Morgan fingerprint density at radius 1 is 1.23 bits per heavy atom. The Hall–Kier alpha value is -3.08. The number of fused-ring (bicyclic) bond motifs is 1. The molecule has 31 heavy (non-hydrogen) atoms. The Morgan fingerprint density at radius 2 is 2.00 bits per heavy atom. The maximum Gasteiger partial charge on any atom is 0.416 e. The van der Waals surface area contributed by atoms with Gasteiger partial charge in [-0.1, -0.05) is 18.9 Å². The number of halogens is 3. The van der Waals surface area contributed by atoms with E-state index in [4.69, 9.17) is 10.5 Å². The largest absolute Gasteiger partial charge is 0.456 e. The second kappa shape index (κ2) is 8.22. The molecule has 0 saturated heterocycles. The molecule has 0 bridgehead atoms. The molecule has 2 atom stereocenters. The molecule has 1 amide bonds. The number of ether oxygens (including phenoxy) is 1. The Morgan fingerprint density at radius 3 is 2.74 bits per heavy atom. The van der Waals surface area contributed by atoms with E-state index in [9.17, 15) is 18.0 Å². The van der Waals surface area contributed by atoms with Crippen LogP contribution in [0.4, 0.5) is 30.6 Å². The van der Waals surface area contributed by atoms with Crippen molar-refractivity contribution in [2.45, 2.75) is 50.9 Å². The Bertz CT molecular complexity index is 998. The molecule has 0 unspecified atom stereocenters. The Labute approximate surface area is 176 Å². The van der Waals surface area contributed by atoms with E-state index in [-0.39, 0.29) is 53.3 Å². The van der Waals surface area contributed by atoms with E-state index in [0.717, 1.165) is 31.7 Å². The monoisotopic (exact) mass is 436 g/mol. The van der Waals surface area contributed by atoms with Crippen LogP contribution in [-0.4, -0.2) is 34.7 Å². The number of benzene rings is 1. The number of hydrogen-bond donors (Lipinski definition) is 4. The molecule has 5 N–H and O–H groups in total. The molecule has 166 valence electrons. The molecule has 0 spiro atoms. The van der Waals surface area contributed by atoms with E-state index < -0.39 is 17.6 Å². The van der Waals surface area contributed by atoms with Gasteiger partial charge in [-0.05, 0) is 37.5 Å². The molecule has 8 nitrogen and oxygen atoms in total. The summed E-state index contributed by atoms with van der Waals surface area (Å²) in [7, 11) is 0. The first kappa shape index (κ1) is 21.2. The zero-order valence-corrected chi connectivity index (χ0v) is 16.8. The lowest BCUT2D eigenvalue weighted by molar-refractivity contribution is -0.138. The summed E-state index contributed by atoms with van der Waals surface area (Å²) in [6.45, 7) is 1.32. The summed E-state index contributed by atoms with van der Waals surface area (Å²) in [6.07, 6.45) is -0.717. The van der Waals surface area contributed by atoms with Crippen molar-refractivity contribution < 1.29 is 22.7 Å². The van der Waals surface area contributed by atoms with Gasteiger partial charge in [0.1, 0.15) is 5.56 Å². The van der Waals surface area contributed by atoms with Crippen LogP contribution in [0, 0.1) is 6.92 Å². The average Bonchev–Trinajstić information content (AvgIpc) is 2.70. The molecule has 1 aliphatic heterocycles. The van der Waals surface area contributed by atoms with Gasteiger partial charge in [-0.15, -0.1) is 0 Å². The van der Waals surface area contributed by atoms with E-state index in [1.54, 1.807) is 0 Å². The van der Waals surface area contributed by atoms with Crippen LogP contribution in [0.5, 0.6) is 5.88 Å². The summed E-state index contributed by atoms with van der Waals surface area (Å²) in [5.74, 6) is -0.184. The van der Waals surface area contributed by atoms with Gasteiger partial charge >= 0.3 is 6.18 Å². The topological polar surface area (TPSA) is 114 Å². The molecule has 1 aromatic heterocycles. The summed E-state index contributed by atoms with van der Waals surface area (Å²) in [6, 6.07) is 3.71. The second-order valence-electron chi connectivity index (χ2n) is 7.72. The minimum atomic E-state index is -4.50. The molecule has 1 aromatic carbocycles. The van der Waals surface area contributed by atoms with Crippen molar-refractivity contribution in [1.29, 1.82) is 0 Å². The van der Waals surface area contributed by atoms with E-state index in [0.29, 0.717) is 0 Å². The second-order valence-corrected chi connectivity index (χ2v) is 7.72. The highest BCUT2D eigenvalue weighted by atomic mass is 19.4. The van der Waals surface area contributed by atoms with Gasteiger partial charge in [-0.3, -0.25) is 4.79 Å². The third-order valence-electron chi connectivity index (χ3n) is 5.48. The fourth-order valence-electron chi connectivity index (χ4n) is 3.81.